The standard InChI is InChI=1S/C15H21N3O2.ClH/c1-4-19-13-7-5-12(6-8-13)10-15-17-14(18-20-15)9-11(2)16-3;/h5-8,11,16H,4,9-10H2,1-3H3;1H. The fourth-order valence-corrected chi connectivity index (χ4v) is 1.87. The summed E-state index contributed by atoms with van der Waals surface area (Å²) in [5.41, 5.74) is 1.13. The van der Waals surface area contributed by atoms with Gasteiger partial charge in [-0.2, -0.15) is 4.98 Å². The van der Waals surface area contributed by atoms with E-state index in [1.54, 1.807) is 0 Å². The lowest BCUT2D eigenvalue weighted by Gasteiger charge is -2.04. The van der Waals surface area contributed by atoms with E-state index in [0.29, 0.717) is 25.0 Å². The molecule has 1 unspecified atom stereocenters. The van der Waals surface area contributed by atoms with Gasteiger partial charge in [-0.1, -0.05) is 17.3 Å². The van der Waals surface area contributed by atoms with Crippen LogP contribution < -0.4 is 10.1 Å². The predicted molar refractivity (Wildman–Crippen MR) is 84.2 cm³/mol. The van der Waals surface area contributed by atoms with Gasteiger partial charge < -0.3 is 14.6 Å². The minimum atomic E-state index is 0. The summed E-state index contributed by atoms with van der Waals surface area (Å²) in [6.07, 6.45) is 1.41. The van der Waals surface area contributed by atoms with Crippen molar-refractivity contribution in [1.29, 1.82) is 0 Å². The maximum absolute atomic E-state index is 5.41. The van der Waals surface area contributed by atoms with Crippen molar-refractivity contribution < 1.29 is 9.26 Å². The molecule has 1 aromatic carbocycles. The smallest absolute Gasteiger partial charge is 0.231 e. The van der Waals surface area contributed by atoms with Gasteiger partial charge >= 0.3 is 0 Å². The van der Waals surface area contributed by atoms with Crippen molar-refractivity contribution in [3.8, 4) is 5.75 Å². The Hall–Kier alpha value is -1.59. The fourth-order valence-electron chi connectivity index (χ4n) is 1.87. The van der Waals surface area contributed by atoms with E-state index in [-0.39, 0.29) is 12.4 Å². The second-order valence-electron chi connectivity index (χ2n) is 4.75. The Morgan fingerprint density at radius 2 is 2.00 bits per heavy atom. The normalized spacial score (nSPS) is 11.8. The monoisotopic (exact) mass is 311 g/mol. The summed E-state index contributed by atoms with van der Waals surface area (Å²) in [6.45, 7) is 4.73. The summed E-state index contributed by atoms with van der Waals surface area (Å²) in [7, 11) is 1.92. The number of rotatable bonds is 7. The van der Waals surface area contributed by atoms with Crippen molar-refractivity contribution in [3.63, 3.8) is 0 Å². The molecule has 0 fully saturated rings. The molecule has 21 heavy (non-hydrogen) atoms. The SMILES string of the molecule is CCOc1ccc(Cc2nc(CC(C)NC)no2)cc1.Cl. The third kappa shape index (κ3) is 5.36. The molecular formula is C15H22ClN3O2. The largest absolute Gasteiger partial charge is 0.494 e. The molecule has 2 rings (SSSR count). The zero-order chi connectivity index (χ0) is 14.4. The average Bonchev–Trinajstić information content (AvgIpc) is 2.88. The first-order valence-corrected chi connectivity index (χ1v) is 6.91. The maximum Gasteiger partial charge on any atom is 0.231 e. The molecule has 6 heteroatoms. The van der Waals surface area contributed by atoms with E-state index < -0.39 is 0 Å². The molecule has 116 valence electrons. The molecule has 0 radical (unpaired) electrons. The van der Waals surface area contributed by atoms with Gasteiger partial charge in [-0.15, -0.1) is 12.4 Å². The summed E-state index contributed by atoms with van der Waals surface area (Å²) in [5.74, 6) is 2.27. The number of likely N-dealkylation sites (N-methyl/N-ethyl adjacent to an activating group) is 1. The minimum absolute atomic E-state index is 0. The lowest BCUT2D eigenvalue weighted by Crippen LogP contribution is -2.24. The molecule has 5 nitrogen and oxygen atoms in total. The second-order valence-corrected chi connectivity index (χ2v) is 4.75. The third-order valence-corrected chi connectivity index (χ3v) is 3.08. The van der Waals surface area contributed by atoms with Crippen LogP contribution in [0.3, 0.4) is 0 Å². The summed E-state index contributed by atoms with van der Waals surface area (Å²) in [5, 5.41) is 7.15. The van der Waals surface area contributed by atoms with Gasteiger partial charge in [0.15, 0.2) is 5.82 Å². The molecule has 1 aromatic heterocycles. The number of ether oxygens (including phenoxy) is 1. The number of hydrogen-bond acceptors (Lipinski definition) is 5. The number of hydrogen-bond donors (Lipinski definition) is 1. The van der Waals surface area contributed by atoms with E-state index >= 15 is 0 Å². The highest BCUT2D eigenvalue weighted by Gasteiger charge is 2.10. The van der Waals surface area contributed by atoms with E-state index in [1.807, 2.05) is 38.2 Å². The average molecular weight is 312 g/mol. The molecular weight excluding hydrogens is 290 g/mol. The van der Waals surface area contributed by atoms with E-state index in [9.17, 15) is 0 Å². The topological polar surface area (TPSA) is 60.2 Å². The van der Waals surface area contributed by atoms with E-state index in [0.717, 1.165) is 23.6 Å². The van der Waals surface area contributed by atoms with Crippen molar-refractivity contribution >= 4 is 12.4 Å². The van der Waals surface area contributed by atoms with Gasteiger partial charge in [-0.05, 0) is 38.6 Å². The number of halogens is 1. The van der Waals surface area contributed by atoms with Gasteiger partial charge in [0, 0.05) is 12.5 Å². The molecule has 1 N–H and O–H groups in total. The Balaban J connectivity index is 0.00000220. The third-order valence-electron chi connectivity index (χ3n) is 3.08. The molecule has 0 amide bonds. The molecule has 0 saturated carbocycles. The lowest BCUT2D eigenvalue weighted by atomic mass is 10.1. The van der Waals surface area contributed by atoms with Crippen LogP contribution in [0.5, 0.6) is 5.75 Å². The number of aromatic nitrogens is 2. The fraction of sp³-hybridized carbons (Fsp3) is 0.467. The highest BCUT2D eigenvalue weighted by molar-refractivity contribution is 5.85. The number of nitrogens with zero attached hydrogens (tertiary/aromatic N) is 2. The molecule has 1 atom stereocenters. The zero-order valence-electron chi connectivity index (χ0n) is 12.6. The molecule has 0 saturated heterocycles. The number of benzene rings is 1. The van der Waals surface area contributed by atoms with E-state index in [1.165, 1.54) is 0 Å². The van der Waals surface area contributed by atoms with E-state index in [4.69, 9.17) is 9.26 Å². The summed E-state index contributed by atoms with van der Waals surface area (Å²) >= 11 is 0. The quantitative estimate of drug-likeness (QED) is 0.851. The molecule has 2 aromatic rings. The molecule has 0 aliphatic heterocycles. The zero-order valence-corrected chi connectivity index (χ0v) is 13.4. The van der Waals surface area contributed by atoms with Gasteiger partial charge in [-0.25, -0.2) is 0 Å². The van der Waals surface area contributed by atoms with Crippen molar-refractivity contribution in [2.75, 3.05) is 13.7 Å². The van der Waals surface area contributed by atoms with Gasteiger partial charge in [0.2, 0.25) is 5.89 Å². The first kappa shape index (κ1) is 17.5. The first-order valence-electron chi connectivity index (χ1n) is 6.91. The summed E-state index contributed by atoms with van der Waals surface area (Å²) < 4.78 is 10.7. The molecule has 0 aliphatic rings. The van der Waals surface area contributed by atoms with Gasteiger partial charge in [0.05, 0.1) is 13.0 Å². The molecule has 1 heterocycles. The van der Waals surface area contributed by atoms with Crippen molar-refractivity contribution in [2.24, 2.45) is 0 Å². The lowest BCUT2D eigenvalue weighted by molar-refractivity contribution is 0.340. The van der Waals surface area contributed by atoms with E-state index in [2.05, 4.69) is 22.4 Å². The molecule has 0 spiro atoms. The summed E-state index contributed by atoms with van der Waals surface area (Å²) in [6, 6.07) is 8.29. The van der Waals surface area contributed by atoms with Crippen LogP contribution in [0.15, 0.2) is 28.8 Å². The summed E-state index contributed by atoms with van der Waals surface area (Å²) in [4.78, 5) is 4.40. The van der Waals surface area contributed by atoms with Crippen LogP contribution in [0.2, 0.25) is 0 Å². The minimum Gasteiger partial charge on any atom is -0.494 e. The van der Waals surface area contributed by atoms with Crippen molar-refractivity contribution in [3.05, 3.63) is 41.5 Å². The van der Waals surface area contributed by atoms with Crippen molar-refractivity contribution in [1.82, 2.24) is 15.5 Å². The molecule has 0 bridgehead atoms. The van der Waals surface area contributed by atoms with Crippen LogP contribution in [0.4, 0.5) is 0 Å². The van der Waals surface area contributed by atoms with Gasteiger partial charge in [-0.3, -0.25) is 0 Å². The van der Waals surface area contributed by atoms with Crippen LogP contribution in [0.25, 0.3) is 0 Å². The second kappa shape index (κ2) is 8.64. The molecule has 0 aliphatic carbocycles. The van der Waals surface area contributed by atoms with Crippen molar-refractivity contribution in [2.45, 2.75) is 32.7 Å². The Bertz CT molecular complexity index is 528. The highest BCUT2D eigenvalue weighted by atomic mass is 35.5. The van der Waals surface area contributed by atoms with Crippen LogP contribution in [-0.4, -0.2) is 29.8 Å². The van der Waals surface area contributed by atoms with Gasteiger partial charge in [0.1, 0.15) is 5.75 Å². The Morgan fingerprint density at radius 1 is 1.29 bits per heavy atom. The first-order chi connectivity index (χ1) is 9.71. The Labute approximate surface area is 131 Å². The van der Waals surface area contributed by atoms with Crippen LogP contribution in [0.1, 0.15) is 31.1 Å². The van der Waals surface area contributed by atoms with Crippen LogP contribution in [0, 0.1) is 0 Å². The number of nitrogens with one attached hydrogen (secondary N) is 1. The van der Waals surface area contributed by atoms with Gasteiger partial charge in [0.25, 0.3) is 0 Å². The predicted octanol–water partition coefficient (Wildman–Crippen LogP) is 2.63. The maximum atomic E-state index is 5.41. The Kier molecular flexibility index (Phi) is 7.19. The highest BCUT2D eigenvalue weighted by Crippen LogP contribution is 2.14. The van der Waals surface area contributed by atoms with Crippen LogP contribution >= 0.6 is 12.4 Å². The Morgan fingerprint density at radius 3 is 2.62 bits per heavy atom. The van der Waals surface area contributed by atoms with Crippen LogP contribution in [-0.2, 0) is 12.8 Å².